The van der Waals surface area contributed by atoms with Crippen molar-refractivity contribution >= 4 is 33.4 Å². The van der Waals surface area contributed by atoms with E-state index in [1.807, 2.05) is 0 Å². The summed E-state index contributed by atoms with van der Waals surface area (Å²) < 4.78 is 70.6. The van der Waals surface area contributed by atoms with Gasteiger partial charge in [0.05, 0.1) is 24.4 Å². The van der Waals surface area contributed by atoms with Crippen LogP contribution >= 0.6 is 11.6 Å². The van der Waals surface area contributed by atoms with Crippen LogP contribution in [0.25, 0.3) is 16.9 Å². The van der Waals surface area contributed by atoms with Crippen LogP contribution < -0.4 is 15.2 Å². The van der Waals surface area contributed by atoms with Crippen molar-refractivity contribution in [3.63, 3.8) is 0 Å². The lowest BCUT2D eigenvalue weighted by Gasteiger charge is -2.19. The first kappa shape index (κ1) is 25.4. The first-order valence-electron chi connectivity index (χ1n) is 10.0. The molecule has 1 aliphatic rings. The number of fused-ring (bicyclic) bond motifs is 1. The maximum absolute atomic E-state index is 12.9. The van der Waals surface area contributed by atoms with Gasteiger partial charge in [0.25, 0.3) is 0 Å². The van der Waals surface area contributed by atoms with E-state index in [4.69, 9.17) is 16.7 Å². The molecule has 0 saturated heterocycles. The minimum Gasteiger partial charge on any atom is -0.405 e. The number of aliphatic hydroxyl groups is 2. The van der Waals surface area contributed by atoms with Crippen molar-refractivity contribution in [3.8, 4) is 17.0 Å². The number of anilines is 1. The minimum atomic E-state index is -4.93. The van der Waals surface area contributed by atoms with Crippen LogP contribution in [0.4, 0.5) is 19.0 Å². The maximum Gasteiger partial charge on any atom is 0.573 e. The van der Waals surface area contributed by atoms with Gasteiger partial charge in [-0.1, -0.05) is 11.6 Å². The molecule has 0 amide bonds. The molecule has 1 aromatic carbocycles. The highest BCUT2D eigenvalue weighted by atomic mass is 35.5. The van der Waals surface area contributed by atoms with Crippen LogP contribution in [0, 0.1) is 5.92 Å². The van der Waals surface area contributed by atoms with Gasteiger partial charge in [0.1, 0.15) is 17.7 Å². The monoisotopic (exact) mass is 537 g/mol. The molecule has 16 heteroatoms. The van der Waals surface area contributed by atoms with Crippen LogP contribution in [0.1, 0.15) is 6.42 Å². The molecule has 4 atom stereocenters. The fraction of sp³-hybridized carbons (Fsp3) is 0.368. The SMILES string of the molecule is NS(=O)(=O)OC[C@H]1C[C@@H](Nc2ccnc3cc(-c4cc(Cl)ccc4OC(F)(F)F)nn23)[C@H](O)[C@@H]1O. The van der Waals surface area contributed by atoms with E-state index in [0.717, 1.165) is 6.07 Å². The van der Waals surface area contributed by atoms with Gasteiger partial charge in [0.2, 0.25) is 0 Å². The molecule has 0 bridgehead atoms. The molecule has 0 aliphatic heterocycles. The van der Waals surface area contributed by atoms with Gasteiger partial charge in [0.15, 0.2) is 5.65 Å². The van der Waals surface area contributed by atoms with Gasteiger partial charge in [-0.3, -0.25) is 4.18 Å². The number of nitrogens with one attached hydrogen (secondary N) is 1. The number of rotatable bonds is 7. The molecule has 4 rings (SSSR count). The first-order chi connectivity index (χ1) is 16.3. The van der Waals surface area contributed by atoms with Crippen LogP contribution in [-0.4, -0.2) is 64.4 Å². The zero-order valence-electron chi connectivity index (χ0n) is 17.6. The number of benzene rings is 1. The third-order valence-electron chi connectivity index (χ3n) is 5.38. The van der Waals surface area contributed by atoms with Crippen molar-refractivity contribution in [2.75, 3.05) is 11.9 Å². The largest absolute Gasteiger partial charge is 0.573 e. The number of hydrogen-bond donors (Lipinski definition) is 4. The third kappa shape index (κ3) is 5.94. The zero-order chi connectivity index (χ0) is 25.5. The van der Waals surface area contributed by atoms with Crippen molar-refractivity contribution in [1.82, 2.24) is 14.6 Å². The lowest BCUT2D eigenvalue weighted by Crippen LogP contribution is -2.36. The smallest absolute Gasteiger partial charge is 0.405 e. The summed E-state index contributed by atoms with van der Waals surface area (Å²) in [6, 6.07) is 5.76. The van der Waals surface area contributed by atoms with E-state index in [0.29, 0.717) is 5.82 Å². The number of ether oxygens (including phenoxy) is 1. The van der Waals surface area contributed by atoms with E-state index in [1.165, 1.54) is 35.0 Å². The molecular formula is C19H19ClF3N5O6S. The topological polar surface area (TPSA) is 161 Å². The summed E-state index contributed by atoms with van der Waals surface area (Å²) in [5, 5.41) is 33.0. The molecule has 2 heterocycles. The molecule has 1 saturated carbocycles. The second kappa shape index (κ2) is 9.40. The van der Waals surface area contributed by atoms with Crippen molar-refractivity contribution in [3.05, 3.63) is 41.6 Å². The average Bonchev–Trinajstić information content (AvgIpc) is 3.29. The van der Waals surface area contributed by atoms with Gasteiger partial charge < -0.3 is 20.3 Å². The highest BCUT2D eigenvalue weighted by molar-refractivity contribution is 7.84. The molecule has 5 N–H and O–H groups in total. The number of alkyl halides is 3. The zero-order valence-corrected chi connectivity index (χ0v) is 19.1. The van der Waals surface area contributed by atoms with Gasteiger partial charge in [-0.05, 0) is 30.7 Å². The van der Waals surface area contributed by atoms with Gasteiger partial charge in [-0.15, -0.1) is 13.2 Å². The van der Waals surface area contributed by atoms with Gasteiger partial charge >= 0.3 is 16.7 Å². The van der Waals surface area contributed by atoms with Crippen LogP contribution in [0.5, 0.6) is 5.75 Å². The van der Waals surface area contributed by atoms with Crippen molar-refractivity contribution < 1.29 is 40.7 Å². The number of nitrogens with two attached hydrogens (primary N) is 1. The summed E-state index contributed by atoms with van der Waals surface area (Å²) in [5.74, 6) is -0.947. The summed E-state index contributed by atoms with van der Waals surface area (Å²) in [7, 11) is -4.23. The molecule has 0 unspecified atom stereocenters. The molecule has 3 aromatic rings. The van der Waals surface area contributed by atoms with E-state index in [-0.39, 0.29) is 28.3 Å². The van der Waals surface area contributed by atoms with E-state index in [2.05, 4.69) is 24.3 Å². The van der Waals surface area contributed by atoms with E-state index in [9.17, 15) is 31.8 Å². The Hall–Kier alpha value is -2.69. The fourth-order valence-corrected chi connectivity index (χ4v) is 4.39. The minimum absolute atomic E-state index is 0.0252. The Labute approximate surface area is 201 Å². The Balaban J connectivity index is 1.62. The van der Waals surface area contributed by atoms with Crippen LogP contribution in [0.2, 0.25) is 5.02 Å². The second-order valence-electron chi connectivity index (χ2n) is 7.82. The van der Waals surface area contributed by atoms with E-state index in [1.54, 1.807) is 0 Å². The van der Waals surface area contributed by atoms with Crippen molar-refractivity contribution in [2.24, 2.45) is 11.1 Å². The van der Waals surface area contributed by atoms with Crippen LogP contribution in [0.15, 0.2) is 36.5 Å². The fourth-order valence-electron chi connectivity index (χ4n) is 3.86. The molecular weight excluding hydrogens is 519 g/mol. The lowest BCUT2D eigenvalue weighted by atomic mass is 10.1. The third-order valence-corrected chi connectivity index (χ3v) is 6.08. The molecule has 0 spiro atoms. The highest BCUT2D eigenvalue weighted by Crippen LogP contribution is 2.36. The van der Waals surface area contributed by atoms with Crippen LogP contribution in [-0.2, 0) is 14.5 Å². The quantitative estimate of drug-likeness (QED) is 0.351. The number of aliphatic hydroxyl groups excluding tert-OH is 2. The molecule has 190 valence electrons. The maximum atomic E-state index is 12.9. The second-order valence-corrected chi connectivity index (χ2v) is 9.48. The summed E-state index contributed by atoms with van der Waals surface area (Å²) in [6.45, 7) is -0.427. The predicted octanol–water partition coefficient (Wildman–Crippen LogP) is 1.69. The Morgan fingerprint density at radius 1 is 1.23 bits per heavy atom. The highest BCUT2D eigenvalue weighted by Gasteiger charge is 2.42. The van der Waals surface area contributed by atoms with E-state index >= 15 is 0 Å². The first-order valence-corrected chi connectivity index (χ1v) is 11.9. The molecule has 1 aliphatic carbocycles. The summed E-state index contributed by atoms with van der Waals surface area (Å²) in [6.07, 6.45) is -5.99. The molecule has 11 nitrogen and oxygen atoms in total. The normalized spacial score (nSPS) is 23.1. The van der Waals surface area contributed by atoms with Gasteiger partial charge in [-0.2, -0.15) is 18.0 Å². The number of nitrogens with zero attached hydrogens (tertiary/aromatic N) is 3. The predicted molar refractivity (Wildman–Crippen MR) is 117 cm³/mol. The Kier molecular flexibility index (Phi) is 6.82. The Morgan fingerprint density at radius 3 is 2.66 bits per heavy atom. The number of halogens is 4. The number of hydrogen-bond acceptors (Lipinski definition) is 9. The Bertz CT molecular complexity index is 1340. The van der Waals surface area contributed by atoms with Gasteiger partial charge in [-0.25, -0.2) is 10.1 Å². The lowest BCUT2D eigenvalue weighted by molar-refractivity contribution is -0.274. The molecule has 2 aromatic heterocycles. The molecule has 0 radical (unpaired) electrons. The average molecular weight is 538 g/mol. The molecule has 35 heavy (non-hydrogen) atoms. The van der Waals surface area contributed by atoms with Crippen molar-refractivity contribution in [1.29, 1.82) is 0 Å². The van der Waals surface area contributed by atoms with E-state index < -0.39 is 53.2 Å². The van der Waals surface area contributed by atoms with Crippen molar-refractivity contribution in [2.45, 2.75) is 31.0 Å². The molecule has 1 fully saturated rings. The summed E-state index contributed by atoms with van der Waals surface area (Å²) in [5.41, 5.74) is 0.313. The van der Waals surface area contributed by atoms with Gasteiger partial charge in [0, 0.05) is 28.8 Å². The summed E-state index contributed by atoms with van der Waals surface area (Å²) >= 11 is 5.97. The number of aromatic nitrogens is 3. The summed E-state index contributed by atoms with van der Waals surface area (Å²) in [4.78, 5) is 4.15. The van der Waals surface area contributed by atoms with Crippen LogP contribution in [0.3, 0.4) is 0 Å². The standard InChI is InChI=1S/C19H19ClF3N5O6S/c20-10-1-2-14(34-19(21,22)23)11(6-10)12-7-16-25-4-3-15(28(16)27-12)26-13-5-9(17(29)18(13)30)8-33-35(24,31)32/h1-4,6-7,9,13,17-18,26,29-30H,5,8H2,(H2,24,31,32)/t9-,13-,17-,18+/m1/s1. The Morgan fingerprint density at radius 2 is 1.97 bits per heavy atom.